The summed E-state index contributed by atoms with van der Waals surface area (Å²) < 4.78 is 8.59. The standard InChI is InChI=1S/C20H25N3O3/c1-13-17(20(24)25)21-19-18(26-15-8-10-22(2)11-9-15)16-6-4-3-5-14(16)7-12-23(13)19/h3-6,15,18H,7-12H2,1-2H3,(H,24,25). The van der Waals surface area contributed by atoms with Gasteiger partial charge in [0, 0.05) is 25.3 Å². The first-order chi connectivity index (χ1) is 12.5. The number of aryl methyl sites for hydroxylation is 1. The van der Waals surface area contributed by atoms with Crippen LogP contribution in [0.2, 0.25) is 0 Å². The molecule has 1 saturated heterocycles. The molecule has 0 bridgehead atoms. The van der Waals surface area contributed by atoms with Crippen LogP contribution in [-0.2, 0) is 17.7 Å². The van der Waals surface area contributed by atoms with Crippen molar-refractivity contribution in [1.29, 1.82) is 0 Å². The zero-order chi connectivity index (χ0) is 18.3. The molecule has 6 nitrogen and oxygen atoms in total. The van der Waals surface area contributed by atoms with Crippen LogP contribution in [0.15, 0.2) is 24.3 Å². The van der Waals surface area contributed by atoms with E-state index >= 15 is 0 Å². The average Bonchev–Trinajstić information content (AvgIpc) is 2.88. The lowest BCUT2D eigenvalue weighted by Gasteiger charge is -2.32. The normalized spacial score (nSPS) is 21.1. The second kappa shape index (κ2) is 6.85. The molecule has 3 heterocycles. The Morgan fingerprint density at radius 1 is 1.23 bits per heavy atom. The summed E-state index contributed by atoms with van der Waals surface area (Å²) in [7, 11) is 2.13. The number of aromatic nitrogens is 2. The quantitative estimate of drug-likeness (QED) is 0.917. The summed E-state index contributed by atoms with van der Waals surface area (Å²) >= 11 is 0. The number of aromatic carboxylic acids is 1. The van der Waals surface area contributed by atoms with Gasteiger partial charge in [-0.25, -0.2) is 9.78 Å². The fourth-order valence-corrected chi connectivity index (χ4v) is 4.08. The number of rotatable bonds is 3. The Hall–Kier alpha value is -2.18. The number of imidazole rings is 1. The molecule has 26 heavy (non-hydrogen) atoms. The van der Waals surface area contributed by atoms with Gasteiger partial charge in [0.05, 0.1) is 6.10 Å². The van der Waals surface area contributed by atoms with Crippen LogP contribution >= 0.6 is 0 Å². The number of carboxylic acid groups (broad SMARTS) is 1. The van der Waals surface area contributed by atoms with Crippen LogP contribution in [0.3, 0.4) is 0 Å². The van der Waals surface area contributed by atoms with Crippen molar-refractivity contribution in [2.24, 2.45) is 0 Å². The highest BCUT2D eigenvalue weighted by Gasteiger charge is 2.32. The number of fused-ring (bicyclic) bond motifs is 2. The Bertz CT molecular complexity index is 822. The summed E-state index contributed by atoms with van der Waals surface area (Å²) in [5.74, 6) is -0.252. The molecule has 1 aromatic carbocycles. The van der Waals surface area contributed by atoms with Crippen molar-refractivity contribution in [3.8, 4) is 0 Å². The SMILES string of the molecule is Cc1c(C(=O)O)nc2n1CCc1ccccc1C2OC1CCN(C)CC1. The zero-order valence-corrected chi connectivity index (χ0v) is 15.3. The Labute approximate surface area is 153 Å². The first kappa shape index (κ1) is 17.2. The van der Waals surface area contributed by atoms with Gasteiger partial charge in [-0.2, -0.15) is 0 Å². The van der Waals surface area contributed by atoms with Crippen LogP contribution in [0.25, 0.3) is 0 Å². The molecule has 2 aromatic rings. The van der Waals surface area contributed by atoms with E-state index in [2.05, 4.69) is 35.1 Å². The van der Waals surface area contributed by atoms with Gasteiger partial charge in [-0.1, -0.05) is 24.3 Å². The Balaban J connectivity index is 1.75. The molecule has 0 spiro atoms. The van der Waals surface area contributed by atoms with Crippen LogP contribution in [0.4, 0.5) is 0 Å². The van der Waals surface area contributed by atoms with Gasteiger partial charge in [-0.05, 0) is 44.4 Å². The summed E-state index contributed by atoms with van der Waals surface area (Å²) in [6.45, 7) is 4.61. The van der Waals surface area contributed by atoms with Crippen molar-refractivity contribution in [2.75, 3.05) is 20.1 Å². The highest BCUT2D eigenvalue weighted by atomic mass is 16.5. The highest BCUT2D eigenvalue weighted by Crippen LogP contribution is 2.35. The first-order valence-corrected chi connectivity index (χ1v) is 9.26. The second-order valence-electron chi connectivity index (χ2n) is 7.33. The maximum atomic E-state index is 11.6. The number of carboxylic acids is 1. The predicted octanol–water partition coefficient (Wildman–Crippen LogP) is 2.65. The maximum Gasteiger partial charge on any atom is 0.356 e. The topological polar surface area (TPSA) is 67.6 Å². The van der Waals surface area contributed by atoms with Gasteiger partial charge in [-0.15, -0.1) is 0 Å². The van der Waals surface area contributed by atoms with E-state index in [9.17, 15) is 9.90 Å². The molecule has 0 radical (unpaired) electrons. The molecule has 0 saturated carbocycles. The number of ether oxygens (including phenoxy) is 1. The van der Waals surface area contributed by atoms with E-state index in [0.717, 1.165) is 50.3 Å². The maximum absolute atomic E-state index is 11.6. The van der Waals surface area contributed by atoms with Crippen molar-refractivity contribution >= 4 is 5.97 Å². The molecule has 138 valence electrons. The smallest absolute Gasteiger partial charge is 0.356 e. The first-order valence-electron chi connectivity index (χ1n) is 9.26. The van der Waals surface area contributed by atoms with E-state index in [0.29, 0.717) is 5.69 Å². The summed E-state index contributed by atoms with van der Waals surface area (Å²) in [5, 5.41) is 9.50. The second-order valence-corrected chi connectivity index (χ2v) is 7.33. The summed E-state index contributed by atoms with van der Waals surface area (Å²) in [4.78, 5) is 18.4. The minimum atomic E-state index is -0.977. The lowest BCUT2D eigenvalue weighted by atomic mass is 10.00. The van der Waals surface area contributed by atoms with Gasteiger partial charge in [-0.3, -0.25) is 0 Å². The minimum absolute atomic E-state index is 0.136. The number of likely N-dealkylation sites (tertiary alicyclic amines) is 1. The third-order valence-corrected chi connectivity index (χ3v) is 5.62. The molecular weight excluding hydrogens is 330 g/mol. The summed E-state index contributed by atoms with van der Waals surface area (Å²) in [6.07, 6.45) is 2.68. The van der Waals surface area contributed by atoms with E-state index in [-0.39, 0.29) is 17.9 Å². The monoisotopic (exact) mass is 355 g/mol. The Morgan fingerprint density at radius 3 is 2.69 bits per heavy atom. The van der Waals surface area contributed by atoms with E-state index in [1.54, 1.807) is 0 Å². The van der Waals surface area contributed by atoms with Crippen molar-refractivity contribution < 1.29 is 14.6 Å². The third kappa shape index (κ3) is 3.04. The molecule has 1 aromatic heterocycles. The number of piperidine rings is 1. The largest absolute Gasteiger partial charge is 0.476 e. The number of carbonyl (C=O) groups is 1. The van der Waals surface area contributed by atoms with Crippen LogP contribution in [0.5, 0.6) is 0 Å². The molecule has 2 aliphatic rings. The third-order valence-electron chi connectivity index (χ3n) is 5.62. The van der Waals surface area contributed by atoms with Gasteiger partial charge in [0.25, 0.3) is 0 Å². The van der Waals surface area contributed by atoms with Gasteiger partial charge >= 0.3 is 5.97 Å². The minimum Gasteiger partial charge on any atom is -0.476 e. The molecule has 0 amide bonds. The van der Waals surface area contributed by atoms with Crippen LogP contribution in [0, 0.1) is 6.92 Å². The van der Waals surface area contributed by atoms with Crippen LogP contribution in [0.1, 0.15) is 52.1 Å². The molecule has 4 rings (SSSR count). The fraction of sp³-hybridized carbons (Fsp3) is 0.500. The molecule has 1 atom stereocenters. The van der Waals surface area contributed by atoms with E-state index in [4.69, 9.17) is 4.74 Å². The van der Waals surface area contributed by atoms with Crippen molar-refractivity contribution in [2.45, 2.75) is 44.9 Å². The number of hydrogen-bond donors (Lipinski definition) is 1. The Kier molecular flexibility index (Phi) is 4.54. The highest BCUT2D eigenvalue weighted by molar-refractivity contribution is 5.86. The van der Waals surface area contributed by atoms with Crippen LogP contribution in [-0.4, -0.2) is 51.8 Å². The van der Waals surface area contributed by atoms with Crippen molar-refractivity contribution in [1.82, 2.24) is 14.5 Å². The van der Waals surface area contributed by atoms with E-state index in [1.165, 1.54) is 5.56 Å². The van der Waals surface area contributed by atoms with E-state index < -0.39 is 5.97 Å². The molecule has 0 aliphatic carbocycles. The lowest BCUT2D eigenvalue weighted by Crippen LogP contribution is -2.35. The summed E-state index contributed by atoms with van der Waals surface area (Å²) in [6, 6.07) is 8.30. The Morgan fingerprint density at radius 2 is 1.96 bits per heavy atom. The average molecular weight is 355 g/mol. The number of nitrogens with zero attached hydrogens (tertiary/aromatic N) is 3. The summed E-state index contributed by atoms with van der Waals surface area (Å²) in [5.41, 5.74) is 3.22. The molecule has 1 unspecified atom stereocenters. The predicted molar refractivity (Wildman–Crippen MR) is 97.5 cm³/mol. The van der Waals surface area contributed by atoms with Gasteiger partial charge in [0.2, 0.25) is 0 Å². The number of hydrogen-bond acceptors (Lipinski definition) is 4. The molecule has 2 aliphatic heterocycles. The van der Waals surface area contributed by atoms with Gasteiger partial charge < -0.3 is 19.3 Å². The lowest BCUT2D eigenvalue weighted by molar-refractivity contribution is -0.0276. The van der Waals surface area contributed by atoms with Gasteiger partial charge in [0.1, 0.15) is 11.9 Å². The molecule has 1 fully saturated rings. The molecule has 6 heteroatoms. The van der Waals surface area contributed by atoms with E-state index in [1.807, 2.05) is 17.6 Å². The van der Waals surface area contributed by atoms with Crippen molar-refractivity contribution in [3.05, 3.63) is 52.6 Å². The van der Waals surface area contributed by atoms with Crippen molar-refractivity contribution in [3.63, 3.8) is 0 Å². The molecule has 1 N–H and O–H groups in total. The van der Waals surface area contributed by atoms with Crippen LogP contribution < -0.4 is 0 Å². The fourth-order valence-electron chi connectivity index (χ4n) is 4.08. The number of benzene rings is 1. The molecular formula is C20H25N3O3. The zero-order valence-electron chi connectivity index (χ0n) is 15.3. The van der Waals surface area contributed by atoms with Gasteiger partial charge in [0.15, 0.2) is 5.69 Å².